The normalized spacial score (nSPS) is 13.2. The SMILES string of the molecule is O=C(O)CCC[C@H](O)[C@@H](/C=C\CCCCCc1ccccc1)Sc1ccc(C(=O)O)cc1. The number of aromatic carboxylic acids is 1. The highest BCUT2D eigenvalue weighted by Gasteiger charge is 2.18. The molecule has 6 heteroatoms. The van der Waals surface area contributed by atoms with Gasteiger partial charge in [0, 0.05) is 11.3 Å². The van der Waals surface area contributed by atoms with Crippen LogP contribution in [0.3, 0.4) is 0 Å². The van der Waals surface area contributed by atoms with Gasteiger partial charge >= 0.3 is 11.9 Å². The number of aliphatic hydroxyl groups excluding tert-OH is 1. The maximum Gasteiger partial charge on any atom is 0.335 e. The van der Waals surface area contributed by atoms with Crippen molar-refractivity contribution in [2.24, 2.45) is 0 Å². The maximum absolute atomic E-state index is 11.0. The number of aliphatic carboxylic acids is 1. The van der Waals surface area contributed by atoms with E-state index in [-0.39, 0.29) is 17.2 Å². The number of hydrogen-bond acceptors (Lipinski definition) is 4. The molecule has 0 saturated carbocycles. The summed E-state index contributed by atoms with van der Waals surface area (Å²) < 4.78 is 0. The van der Waals surface area contributed by atoms with E-state index in [4.69, 9.17) is 10.2 Å². The lowest BCUT2D eigenvalue weighted by molar-refractivity contribution is -0.137. The molecule has 0 aliphatic rings. The van der Waals surface area contributed by atoms with Crippen LogP contribution in [-0.2, 0) is 11.2 Å². The van der Waals surface area contributed by atoms with Gasteiger partial charge in [-0.3, -0.25) is 4.79 Å². The van der Waals surface area contributed by atoms with E-state index < -0.39 is 18.0 Å². The van der Waals surface area contributed by atoms with E-state index in [2.05, 4.69) is 30.3 Å². The smallest absolute Gasteiger partial charge is 0.335 e. The molecule has 0 aliphatic carbocycles. The lowest BCUT2D eigenvalue weighted by Crippen LogP contribution is -2.21. The summed E-state index contributed by atoms with van der Waals surface area (Å²) in [5.41, 5.74) is 1.58. The molecule has 0 saturated heterocycles. The first-order valence-electron chi connectivity index (χ1n) is 11.1. The van der Waals surface area contributed by atoms with Crippen LogP contribution in [0.1, 0.15) is 60.9 Å². The Labute approximate surface area is 194 Å². The summed E-state index contributed by atoms with van der Waals surface area (Å²) in [5.74, 6) is -1.84. The van der Waals surface area contributed by atoms with Crippen molar-refractivity contribution in [2.45, 2.75) is 67.6 Å². The lowest BCUT2D eigenvalue weighted by Gasteiger charge is -2.19. The van der Waals surface area contributed by atoms with Crippen LogP contribution in [0.25, 0.3) is 0 Å². The second-order valence-corrected chi connectivity index (χ2v) is 9.03. The Bertz CT molecular complexity index is 848. The van der Waals surface area contributed by atoms with Crippen LogP contribution in [0.15, 0.2) is 71.6 Å². The number of hydrogen-bond donors (Lipinski definition) is 3. The fourth-order valence-electron chi connectivity index (χ4n) is 3.35. The highest BCUT2D eigenvalue weighted by molar-refractivity contribution is 8.00. The second kappa shape index (κ2) is 14.5. The van der Waals surface area contributed by atoms with Crippen molar-refractivity contribution in [1.82, 2.24) is 0 Å². The quantitative estimate of drug-likeness (QED) is 0.178. The Kier molecular flexibility index (Phi) is 11.6. The summed E-state index contributed by atoms with van der Waals surface area (Å²) in [7, 11) is 0. The number of carboxylic acids is 2. The van der Waals surface area contributed by atoms with Gasteiger partial charge in [0.05, 0.1) is 16.9 Å². The van der Waals surface area contributed by atoms with Crippen LogP contribution < -0.4 is 0 Å². The minimum atomic E-state index is -0.973. The molecule has 0 heterocycles. The van der Waals surface area contributed by atoms with Crippen molar-refractivity contribution < 1.29 is 24.9 Å². The molecule has 0 bridgehead atoms. The lowest BCUT2D eigenvalue weighted by atomic mass is 10.1. The molecular formula is C26H32O5S. The molecule has 0 aromatic heterocycles. The molecule has 0 fully saturated rings. The van der Waals surface area contributed by atoms with Crippen LogP contribution in [0, 0.1) is 0 Å². The van der Waals surface area contributed by atoms with E-state index in [0.717, 1.165) is 37.0 Å². The van der Waals surface area contributed by atoms with Crippen LogP contribution in [0.5, 0.6) is 0 Å². The van der Waals surface area contributed by atoms with Crippen molar-refractivity contribution in [1.29, 1.82) is 0 Å². The zero-order valence-corrected chi connectivity index (χ0v) is 19.0. The minimum absolute atomic E-state index is 0.0346. The summed E-state index contributed by atoms with van der Waals surface area (Å²) in [6.45, 7) is 0. The van der Waals surface area contributed by atoms with E-state index in [1.807, 2.05) is 12.1 Å². The predicted molar refractivity (Wildman–Crippen MR) is 128 cm³/mol. The maximum atomic E-state index is 11.0. The Morgan fingerprint density at radius 1 is 0.906 bits per heavy atom. The molecule has 0 aliphatic heterocycles. The fraction of sp³-hybridized carbons (Fsp3) is 0.385. The van der Waals surface area contributed by atoms with Crippen molar-refractivity contribution in [3.05, 3.63) is 77.9 Å². The molecular weight excluding hydrogens is 424 g/mol. The van der Waals surface area contributed by atoms with Crippen LogP contribution in [0.2, 0.25) is 0 Å². The number of thioether (sulfide) groups is 1. The fourth-order valence-corrected chi connectivity index (χ4v) is 4.44. The van der Waals surface area contributed by atoms with Crippen LogP contribution >= 0.6 is 11.8 Å². The van der Waals surface area contributed by atoms with E-state index >= 15 is 0 Å². The molecule has 0 radical (unpaired) electrons. The monoisotopic (exact) mass is 456 g/mol. The summed E-state index contributed by atoms with van der Waals surface area (Å²) in [6.07, 6.45) is 9.62. The Hall–Kier alpha value is -2.57. The van der Waals surface area contributed by atoms with Gasteiger partial charge in [0.15, 0.2) is 0 Å². The van der Waals surface area contributed by atoms with Crippen molar-refractivity contribution >= 4 is 23.7 Å². The summed E-state index contributed by atoms with van der Waals surface area (Å²) in [5, 5.41) is 28.3. The summed E-state index contributed by atoms with van der Waals surface area (Å²) in [4.78, 5) is 22.7. The Morgan fingerprint density at radius 2 is 1.62 bits per heavy atom. The molecule has 2 atom stereocenters. The zero-order valence-electron chi connectivity index (χ0n) is 18.2. The van der Waals surface area contributed by atoms with E-state index in [1.165, 1.54) is 17.3 Å². The van der Waals surface area contributed by atoms with Gasteiger partial charge in [-0.2, -0.15) is 0 Å². The summed E-state index contributed by atoms with van der Waals surface area (Å²) >= 11 is 1.46. The number of allylic oxidation sites excluding steroid dienone is 1. The molecule has 5 nitrogen and oxygen atoms in total. The van der Waals surface area contributed by atoms with E-state index in [1.54, 1.807) is 24.3 Å². The molecule has 2 aromatic rings. The number of aryl methyl sites for hydroxylation is 1. The van der Waals surface area contributed by atoms with Gasteiger partial charge in [-0.15, -0.1) is 11.8 Å². The standard InChI is InChI=1S/C26H32O5S/c27-23(13-9-15-25(28)29)24(32-22-18-16-21(17-19-22)26(30)31)14-8-3-1-2-5-10-20-11-6-4-7-12-20/h4,6-8,11-12,14,16-19,23-24,27H,1-3,5,9-10,13,15H2,(H,28,29)(H,30,31)/b14-8-/t23-,24+/m0/s1. The molecule has 32 heavy (non-hydrogen) atoms. The van der Waals surface area contributed by atoms with Crippen molar-refractivity contribution in [3.63, 3.8) is 0 Å². The molecule has 0 unspecified atom stereocenters. The third kappa shape index (κ3) is 10.2. The largest absolute Gasteiger partial charge is 0.481 e. The first-order chi connectivity index (χ1) is 15.5. The third-order valence-electron chi connectivity index (χ3n) is 5.15. The van der Waals surface area contributed by atoms with Gasteiger partial charge in [-0.1, -0.05) is 48.9 Å². The first kappa shape index (κ1) is 25.7. The topological polar surface area (TPSA) is 94.8 Å². The number of aliphatic hydroxyl groups is 1. The summed E-state index contributed by atoms with van der Waals surface area (Å²) in [6, 6.07) is 17.0. The van der Waals surface area contributed by atoms with Crippen LogP contribution in [0.4, 0.5) is 0 Å². The van der Waals surface area contributed by atoms with Gasteiger partial charge in [-0.25, -0.2) is 4.79 Å². The van der Waals surface area contributed by atoms with E-state index in [0.29, 0.717) is 12.8 Å². The van der Waals surface area contributed by atoms with Gasteiger partial charge < -0.3 is 15.3 Å². The molecule has 3 N–H and O–H groups in total. The predicted octanol–water partition coefficient (Wildman–Crippen LogP) is 5.82. The number of carbonyl (C=O) groups is 2. The Balaban J connectivity index is 1.85. The van der Waals surface area contributed by atoms with Gasteiger partial charge in [0.1, 0.15) is 0 Å². The number of unbranched alkanes of at least 4 members (excludes halogenated alkanes) is 3. The average molecular weight is 457 g/mol. The van der Waals surface area contributed by atoms with Gasteiger partial charge in [0.25, 0.3) is 0 Å². The number of benzene rings is 2. The van der Waals surface area contributed by atoms with E-state index in [9.17, 15) is 14.7 Å². The molecule has 0 spiro atoms. The molecule has 2 aromatic carbocycles. The molecule has 0 amide bonds. The average Bonchev–Trinajstić information content (AvgIpc) is 2.78. The van der Waals surface area contributed by atoms with Crippen molar-refractivity contribution in [3.8, 4) is 0 Å². The molecule has 2 rings (SSSR count). The number of rotatable bonds is 15. The highest BCUT2D eigenvalue weighted by Crippen LogP contribution is 2.29. The number of carboxylic acid groups (broad SMARTS) is 2. The third-order valence-corrected chi connectivity index (χ3v) is 6.44. The Morgan fingerprint density at radius 3 is 2.28 bits per heavy atom. The van der Waals surface area contributed by atoms with Crippen LogP contribution in [-0.4, -0.2) is 38.6 Å². The zero-order chi connectivity index (χ0) is 23.2. The second-order valence-electron chi connectivity index (χ2n) is 7.78. The van der Waals surface area contributed by atoms with Gasteiger partial charge in [0.2, 0.25) is 0 Å². The highest BCUT2D eigenvalue weighted by atomic mass is 32.2. The first-order valence-corrected chi connectivity index (χ1v) is 11.9. The van der Waals surface area contributed by atoms with Crippen molar-refractivity contribution in [2.75, 3.05) is 0 Å². The molecule has 172 valence electrons. The minimum Gasteiger partial charge on any atom is -0.481 e. The van der Waals surface area contributed by atoms with Gasteiger partial charge in [-0.05, 0) is 68.4 Å².